The molecule has 1 aromatic heterocycles. The van der Waals surface area contributed by atoms with E-state index in [0.717, 1.165) is 6.42 Å². The van der Waals surface area contributed by atoms with Gasteiger partial charge in [-0.3, -0.25) is 10.1 Å². The topological polar surface area (TPSA) is 65.3 Å². The Hall–Kier alpha value is -1.88. The summed E-state index contributed by atoms with van der Waals surface area (Å²) in [5, 5.41) is 11.7. The van der Waals surface area contributed by atoms with Crippen molar-refractivity contribution in [2.45, 2.75) is 13.3 Å². The first-order chi connectivity index (χ1) is 8.61. The molecule has 0 spiro atoms. The van der Waals surface area contributed by atoms with Crippen LogP contribution < -0.4 is 4.74 Å². The average molecular weight is 267 g/mol. The normalized spacial score (nSPS) is 10.6. The maximum atomic E-state index is 10.8. The molecule has 2 rings (SSSR count). The number of benzene rings is 1. The number of halogens is 1. The lowest BCUT2D eigenvalue weighted by atomic mass is 10.2. The lowest BCUT2D eigenvalue weighted by Crippen LogP contribution is -1.97. The number of non-ortho nitro benzene ring substituents is 1. The van der Waals surface area contributed by atoms with Gasteiger partial charge in [0.25, 0.3) is 5.69 Å². The Balaban J connectivity index is 2.58. The van der Waals surface area contributed by atoms with Gasteiger partial charge in [-0.2, -0.15) is 0 Å². The second kappa shape index (κ2) is 5.18. The van der Waals surface area contributed by atoms with Crippen LogP contribution in [0, 0.1) is 10.1 Å². The van der Waals surface area contributed by atoms with Crippen molar-refractivity contribution in [3.05, 3.63) is 39.5 Å². The molecule has 0 fully saturated rings. The van der Waals surface area contributed by atoms with E-state index in [1.54, 1.807) is 12.1 Å². The predicted octanol–water partition coefficient (Wildman–Crippen LogP) is 3.59. The molecule has 2 aromatic rings. The molecular formula is C12H11ClN2O3. The Morgan fingerprint density at radius 1 is 1.44 bits per heavy atom. The van der Waals surface area contributed by atoms with Gasteiger partial charge in [0.05, 0.1) is 17.0 Å². The number of hydrogen-bond acceptors (Lipinski definition) is 4. The van der Waals surface area contributed by atoms with E-state index < -0.39 is 4.92 Å². The van der Waals surface area contributed by atoms with E-state index in [0.29, 0.717) is 28.4 Å². The number of pyridine rings is 1. The van der Waals surface area contributed by atoms with Crippen molar-refractivity contribution in [3.8, 4) is 5.75 Å². The Labute approximate surface area is 108 Å². The average Bonchev–Trinajstić information content (AvgIpc) is 2.35. The molecule has 0 aliphatic rings. The maximum absolute atomic E-state index is 10.8. The van der Waals surface area contributed by atoms with Crippen LogP contribution in [0.1, 0.15) is 13.3 Å². The minimum Gasteiger partial charge on any atom is -0.493 e. The number of nitro benzene ring substituents is 1. The second-order valence-electron chi connectivity index (χ2n) is 3.75. The Kier molecular flexibility index (Phi) is 3.62. The smallest absolute Gasteiger partial charge is 0.270 e. The minimum absolute atomic E-state index is 0.00738. The predicted molar refractivity (Wildman–Crippen MR) is 69.2 cm³/mol. The van der Waals surface area contributed by atoms with Gasteiger partial charge in [-0.15, -0.1) is 0 Å². The summed E-state index contributed by atoms with van der Waals surface area (Å²) in [4.78, 5) is 14.4. The van der Waals surface area contributed by atoms with Crippen LogP contribution in [0.25, 0.3) is 10.9 Å². The van der Waals surface area contributed by atoms with E-state index in [4.69, 9.17) is 16.3 Å². The van der Waals surface area contributed by atoms with Gasteiger partial charge < -0.3 is 4.74 Å². The molecule has 0 aliphatic carbocycles. The first-order valence-corrected chi connectivity index (χ1v) is 5.87. The minimum atomic E-state index is -0.447. The van der Waals surface area contributed by atoms with Crippen LogP contribution in [-0.4, -0.2) is 16.5 Å². The SMILES string of the molecule is CCCOc1cc(Cl)nc2ccc([N+](=O)[O-])cc12. The fourth-order valence-electron chi connectivity index (χ4n) is 1.60. The Bertz CT molecular complexity index is 601. The molecule has 0 aliphatic heterocycles. The summed E-state index contributed by atoms with van der Waals surface area (Å²) in [5.74, 6) is 0.524. The van der Waals surface area contributed by atoms with Crippen molar-refractivity contribution in [3.63, 3.8) is 0 Å². The van der Waals surface area contributed by atoms with Gasteiger partial charge in [0, 0.05) is 23.6 Å². The van der Waals surface area contributed by atoms with E-state index in [-0.39, 0.29) is 5.69 Å². The molecule has 0 N–H and O–H groups in total. The van der Waals surface area contributed by atoms with E-state index in [1.165, 1.54) is 12.1 Å². The monoisotopic (exact) mass is 266 g/mol. The summed E-state index contributed by atoms with van der Waals surface area (Å²) in [6.45, 7) is 2.51. The van der Waals surface area contributed by atoms with Crippen molar-refractivity contribution in [1.82, 2.24) is 4.98 Å². The molecule has 6 heteroatoms. The highest BCUT2D eigenvalue weighted by atomic mass is 35.5. The van der Waals surface area contributed by atoms with Gasteiger partial charge in [-0.25, -0.2) is 4.98 Å². The van der Waals surface area contributed by atoms with Crippen molar-refractivity contribution >= 4 is 28.2 Å². The first kappa shape index (κ1) is 12.6. The first-order valence-electron chi connectivity index (χ1n) is 5.49. The van der Waals surface area contributed by atoms with Gasteiger partial charge in [0.2, 0.25) is 0 Å². The van der Waals surface area contributed by atoms with Crippen LogP contribution in [0.15, 0.2) is 24.3 Å². The Morgan fingerprint density at radius 3 is 2.89 bits per heavy atom. The van der Waals surface area contributed by atoms with Crippen molar-refractivity contribution in [1.29, 1.82) is 0 Å². The van der Waals surface area contributed by atoms with Crippen molar-refractivity contribution in [2.24, 2.45) is 0 Å². The fraction of sp³-hybridized carbons (Fsp3) is 0.250. The third-order valence-corrected chi connectivity index (χ3v) is 2.59. The van der Waals surface area contributed by atoms with Gasteiger partial charge in [0.1, 0.15) is 10.9 Å². The largest absolute Gasteiger partial charge is 0.493 e. The molecule has 1 aromatic carbocycles. The lowest BCUT2D eigenvalue weighted by molar-refractivity contribution is -0.384. The van der Waals surface area contributed by atoms with Crippen LogP contribution >= 0.6 is 11.6 Å². The summed E-state index contributed by atoms with van der Waals surface area (Å²) in [7, 11) is 0. The number of nitro groups is 1. The van der Waals surface area contributed by atoms with E-state index in [2.05, 4.69) is 4.98 Å². The maximum Gasteiger partial charge on any atom is 0.270 e. The second-order valence-corrected chi connectivity index (χ2v) is 4.14. The standard InChI is InChI=1S/C12H11ClN2O3/c1-2-5-18-11-7-12(13)14-10-4-3-8(15(16)17)6-9(10)11/h3-4,6-7H,2,5H2,1H3. The Morgan fingerprint density at radius 2 is 2.22 bits per heavy atom. The summed E-state index contributed by atoms with van der Waals surface area (Å²) < 4.78 is 5.54. The van der Waals surface area contributed by atoms with Gasteiger partial charge in [-0.05, 0) is 12.5 Å². The molecule has 0 radical (unpaired) electrons. The highest BCUT2D eigenvalue weighted by Gasteiger charge is 2.11. The van der Waals surface area contributed by atoms with Crippen LogP contribution in [0.2, 0.25) is 5.15 Å². The molecule has 0 saturated heterocycles. The quantitative estimate of drug-likeness (QED) is 0.482. The van der Waals surface area contributed by atoms with Gasteiger partial charge in [0.15, 0.2) is 0 Å². The number of nitrogens with zero attached hydrogens (tertiary/aromatic N) is 2. The summed E-state index contributed by atoms with van der Waals surface area (Å²) >= 11 is 5.88. The zero-order valence-electron chi connectivity index (χ0n) is 9.72. The lowest BCUT2D eigenvalue weighted by Gasteiger charge is -2.08. The highest BCUT2D eigenvalue weighted by molar-refractivity contribution is 6.30. The molecule has 0 unspecified atom stereocenters. The molecular weight excluding hydrogens is 256 g/mol. The zero-order chi connectivity index (χ0) is 13.1. The van der Waals surface area contributed by atoms with Crippen LogP contribution in [0.4, 0.5) is 5.69 Å². The van der Waals surface area contributed by atoms with E-state index in [9.17, 15) is 10.1 Å². The summed E-state index contributed by atoms with van der Waals surface area (Å²) in [6.07, 6.45) is 0.844. The van der Waals surface area contributed by atoms with Gasteiger partial charge in [-0.1, -0.05) is 18.5 Å². The fourth-order valence-corrected chi connectivity index (χ4v) is 1.79. The van der Waals surface area contributed by atoms with E-state index in [1.807, 2.05) is 6.92 Å². The molecule has 18 heavy (non-hydrogen) atoms. The third-order valence-electron chi connectivity index (χ3n) is 2.40. The van der Waals surface area contributed by atoms with Gasteiger partial charge >= 0.3 is 0 Å². The summed E-state index contributed by atoms with van der Waals surface area (Å²) in [5.41, 5.74) is 0.590. The molecule has 94 valence electrons. The van der Waals surface area contributed by atoms with Crippen LogP contribution in [0.5, 0.6) is 5.75 Å². The zero-order valence-corrected chi connectivity index (χ0v) is 10.5. The van der Waals surface area contributed by atoms with Crippen molar-refractivity contribution < 1.29 is 9.66 Å². The number of ether oxygens (including phenoxy) is 1. The molecule has 0 atom stereocenters. The molecule has 1 heterocycles. The molecule has 5 nitrogen and oxygen atoms in total. The third kappa shape index (κ3) is 2.51. The molecule has 0 saturated carbocycles. The number of aromatic nitrogens is 1. The number of fused-ring (bicyclic) bond motifs is 1. The van der Waals surface area contributed by atoms with Crippen LogP contribution in [0.3, 0.4) is 0 Å². The van der Waals surface area contributed by atoms with E-state index >= 15 is 0 Å². The number of rotatable bonds is 4. The summed E-state index contributed by atoms with van der Waals surface area (Å²) in [6, 6.07) is 5.99. The highest BCUT2D eigenvalue weighted by Crippen LogP contribution is 2.30. The number of hydrogen-bond donors (Lipinski definition) is 0. The molecule has 0 amide bonds. The van der Waals surface area contributed by atoms with Crippen LogP contribution in [-0.2, 0) is 0 Å². The molecule has 0 bridgehead atoms. The van der Waals surface area contributed by atoms with Crippen molar-refractivity contribution in [2.75, 3.05) is 6.61 Å².